The van der Waals surface area contributed by atoms with Gasteiger partial charge in [0.15, 0.2) is 11.5 Å². The first kappa shape index (κ1) is 21.4. The number of amides is 1. The maximum atomic E-state index is 12.7. The molecule has 0 fully saturated rings. The second kappa shape index (κ2) is 9.51. The molecule has 162 valence electrons. The topological polar surface area (TPSA) is 81.3 Å². The number of benzene rings is 1. The van der Waals surface area contributed by atoms with E-state index in [1.165, 1.54) is 26.2 Å². The molecule has 1 aliphatic heterocycles. The lowest BCUT2D eigenvalue weighted by molar-refractivity contribution is -0.118. The van der Waals surface area contributed by atoms with E-state index in [1.54, 1.807) is 16.7 Å². The van der Waals surface area contributed by atoms with Gasteiger partial charge in [0.25, 0.3) is 0 Å². The lowest BCUT2D eigenvalue weighted by atomic mass is 10.1. The summed E-state index contributed by atoms with van der Waals surface area (Å²) in [6, 6.07) is 11.2. The van der Waals surface area contributed by atoms with Gasteiger partial charge in [0, 0.05) is 18.2 Å². The molecule has 0 spiro atoms. The van der Waals surface area contributed by atoms with Gasteiger partial charge in [-0.2, -0.15) is 4.98 Å². The Morgan fingerprint density at radius 3 is 2.71 bits per heavy atom. The highest BCUT2D eigenvalue weighted by Gasteiger charge is 2.36. The Hall–Kier alpha value is -2.87. The number of carbonyl (C=O) groups excluding carboxylic acids is 1. The molecule has 7 nitrogen and oxygen atoms in total. The summed E-state index contributed by atoms with van der Waals surface area (Å²) in [6.07, 6.45) is 3.95. The molecule has 0 saturated carbocycles. The number of carbonyl (C=O) groups is 1. The van der Waals surface area contributed by atoms with E-state index in [9.17, 15) is 4.79 Å². The van der Waals surface area contributed by atoms with Crippen molar-refractivity contribution in [3.05, 3.63) is 47.9 Å². The van der Waals surface area contributed by atoms with E-state index < -0.39 is 6.23 Å². The van der Waals surface area contributed by atoms with Gasteiger partial charge < -0.3 is 9.15 Å². The van der Waals surface area contributed by atoms with Crippen molar-refractivity contribution in [3.8, 4) is 17.1 Å². The van der Waals surface area contributed by atoms with Crippen molar-refractivity contribution in [3.63, 3.8) is 0 Å². The minimum atomic E-state index is -0.785. The van der Waals surface area contributed by atoms with Crippen molar-refractivity contribution in [1.29, 1.82) is 0 Å². The fourth-order valence-electron chi connectivity index (χ4n) is 3.58. The van der Waals surface area contributed by atoms with Crippen LogP contribution in [0, 0.1) is 6.92 Å². The van der Waals surface area contributed by atoms with Crippen LogP contribution in [0.3, 0.4) is 0 Å². The highest BCUT2D eigenvalue weighted by molar-refractivity contribution is 7.99. The number of rotatable bonds is 7. The molecule has 0 saturated heterocycles. The van der Waals surface area contributed by atoms with E-state index in [4.69, 9.17) is 9.15 Å². The molecule has 1 atom stereocenters. The summed E-state index contributed by atoms with van der Waals surface area (Å²) < 4.78 is 12.1. The van der Waals surface area contributed by atoms with Crippen LogP contribution in [0.5, 0.6) is 5.88 Å². The molecule has 31 heavy (non-hydrogen) atoms. The smallest absolute Gasteiger partial charge is 0.247 e. The Kier molecular flexibility index (Phi) is 6.56. The number of aromatic nitrogens is 3. The molecule has 0 aliphatic carbocycles. The number of thioether (sulfide) groups is 1. The molecule has 1 aliphatic rings. The van der Waals surface area contributed by atoms with Gasteiger partial charge in [-0.3, -0.25) is 9.69 Å². The molecule has 0 N–H and O–H groups in total. The molecule has 3 aromatic rings. The first-order chi connectivity index (χ1) is 15.1. The van der Waals surface area contributed by atoms with Crippen LogP contribution in [0.4, 0.5) is 5.69 Å². The Bertz CT molecular complexity index is 1070. The highest BCUT2D eigenvalue weighted by atomic mass is 32.2. The van der Waals surface area contributed by atoms with Crippen LogP contribution in [0.2, 0.25) is 0 Å². The number of unbranched alkanes of at least 4 members (excludes halogenated alkanes) is 3. The largest absolute Gasteiger partial charge is 0.460 e. The quantitative estimate of drug-likeness (QED) is 0.353. The maximum absolute atomic E-state index is 12.7. The van der Waals surface area contributed by atoms with Crippen molar-refractivity contribution in [1.82, 2.24) is 15.2 Å². The SMILES string of the molecule is CCCCCCSc1nnc2c(n1)O[C@H](c1ccc(C)o1)N(C(C)=O)c1ccccc1-2. The number of aryl methyl sites for hydroxylation is 1. The van der Waals surface area contributed by atoms with Crippen LogP contribution in [-0.2, 0) is 4.79 Å². The number of furan rings is 1. The van der Waals surface area contributed by atoms with Gasteiger partial charge in [-0.1, -0.05) is 56.1 Å². The zero-order chi connectivity index (χ0) is 21.8. The van der Waals surface area contributed by atoms with Gasteiger partial charge in [0.05, 0.1) is 5.69 Å². The lowest BCUT2D eigenvalue weighted by Crippen LogP contribution is -2.35. The number of hydrogen-bond donors (Lipinski definition) is 0. The zero-order valence-corrected chi connectivity index (χ0v) is 18.8. The second-order valence-corrected chi connectivity index (χ2v) is 8.54. The Balaban J connectivity index is 1.72. The number of anilines is 1. The maximum Gasteiger partial charge on any atom is 0.247 e. The number of ether oxygens (including phenoxy) is 1. The molecular weight excluding hydrogens is 412 g/mol. The molecule has 2 aromatic heterocycles. The van der Waals surface area contributed by atoms with Crippen LogP contribution in [0.25, 0.3) is 11.3 Å². The molecule has 0 unspecified atom stereocenters. The van der Waals surface area contributed by atoms with Gasteiger partial charge >= 0.3 is 0 Å². The van der Waals surface area contributed by atoms with E-state index in [-0.39, 0.29) is 5.91 Å². The standard InChI is InChI=1S/C23H26N4O3S/c1-4-5-6-9-14-31-23-24-21-20(25-26-23)17-10-7-8-11-18(17)27(16(3)28)22(30-21)19-13-12-15(2)29-19/h7-8,10-13,22H,4-6,9,14H2,1-3H3/t22-/m1/s1. The van der Waals surface area contributed by atoms with E-state index in [2.05, 4.69) is 22.1 Å². The minimum absolute atomic E-state index is 0.169. The number of para-hydroxylation sites is 1. The number of fused-ring (bicyclic) bond motifs is 3. The van der Waals surface area contributed by atoms with Gasteiger partial charge in [0.2, 0.25) is 23.2 Å². The van der Waals surface area contributed by atoms with Crippen LogP contribution in [0.1, 0.15) is 57.3 Å². The summed E-state index contributed by atoms with van der Waals surface area (Å²) in [5.74, 6) is 2.38. The summed E-state index contributed by atoms with van der Waals surface area (Å²) in [7, 11) is 0. The molecule has 4 rings (SSSR count). The predicted molar refractivity (Wildman–Crippen MR) is 120 cm³/mol. The first-order valence-corrected chi connectivity index (χ1v) is 11.6. The average molecular weight is 439 g/mol. The van der Waals surface area contributed by atoms with E-state index in [1.807, 2.05) is 43.3 Å². The molecule has 3 heterocycles. The monoisotopic (exact) mass is 438 g/mol. The molecule has 8 heteroatoms. The molecule has 1 amide bonds. The normalized spacial score (nSPS) is 15.1. The summed E-state index contributed by atoms with van der Waals surface area (Å²) >= 11 is 1.57. The van der Waals surface area contributed by atoms with Crippen LogP contribution in [0.15, 0.2) is 46.0 Å². The Labute approximate surface area is 186 Å². The van der Waals surface area contributed by atoms with Crippen molar-refractivity contribution < 1.29 is 13.9 Å². The molecule has 0 bridgehead atoms. The van der Waals surface area contributed by atoms with E-state index in [0.29, 0.717) is 28.2 Å². The fraction of sp³-hybridized carbons (Fsp3) is 0.391. The Morgan fingerprint density at radius 1 is 1.13 bits per heavy atom. The zero-order valence-electron chi connectivity index (χ0n) is 18.0. The third kappa shape index (κ3) is 4.58. The van der Waals surface area contributed by atoms with Gasteiger partial charge in [0.1, 0.15) is 5.76 Å². The van der Waals surface area contributed by atoms with Crippen molar-refractivity contribution in [2.75, 3.05) is 10.7 Å². The molecule has 0 radical (unpaired) electrons. The second-order valence-electron chi connectivity index (χ2n) is 7.48. The van der Waals surface area contributed by atoms with Gasteiger partial charge in [-0.05, 0) is 31.5 Å². The fourth-order valence-corrected chi connectivity index (χ4v) is 4.35. The van der Waals surface area contributed by atoms with Gasteiger partial charge in [-0.15, -0.1) is 10.2 Å². The van der Waals surface area contributed by atoms with Crippen molar-refractivity contribution in [2.24, 2.45) is 0 Å². The summed E-state index contributed by atoms with van der Waals surface area (Å²) in [5.41, 5.74) is 1.95. The van der Waals surface area contributed by atoms with Crippen LogP contribution in [-0.4, -0.2) is 26.8 Å². The third-order valence-corrected chi connectivity index (χ3v) is 6.01. The van der Waals surface area contributed by atoms with E-state index >= 15 is 0 Å². The Morgan fingerprint density at radius 2 is 1.97 bits per heavy atom. The predicted octanol–water partition coefficient (Wildman–Crippen LogP) is 5.56. The number of nitrogens with zero attached hydrogens (tertiary/aromatic N) is 4. The minimum Gasteiger partial charge on any atom is -0.460 e. The van der Waals surface area contributed by atoms with Crippen LogP contribution >= 0.6 is 11.8 Å². The molecular formula is C23H26N4O3S. The highest BCUT2D eigenvalue weighted by Crippen LogP contribution is 2.43. The van der Waals surface area contributed by atoms with Crippen LogP contribution < -0.4 is 9.64 Å². The molecule has 1 aromatic carbocycles. The lowest BCUT2D eigenvalue weighted by Gasteiger charge is -2.28. The van der Waals surface area contributed by atoms with Crippen molar-refractivity contribution in [2.45, 2.75) is 57.8 Å². The summed E-state index contributed by atoms with van der Waals surface area (Å²) in [6.45, 7) is 5.57. The van der Waals surface area contributed by atoms with Crippen molar-refractivity contribution >= 4 is 23.4 Å². The first-order valence-electron chi connectivity index (χ1n) is 10.6. The van der Waals surface area contributed by atoms with E-state index in [0.717, 1.165) is 23.5 Å². The summed E-state index contributed by atoms with van der Waals surface area (Å²) in [4.78, 5) is 18.9. The van der Waals surface area contributed by atoms with Gasteiger partial charge in [-0.25, -0.2) is 0 Å². The summed E-state index contributed by atoms with van der Waals surface area (Å²) in [5, 5.41) is 9.32. The average Bonchev–Trinajstić information content (AvgIpc) is 3.13. The number of hydrogen-bond acceptors (Lipinski definition) is 7. The third-order valence-electron chi connectivity index (χ3n) is 5.08.